The van der Waals surface area contributed by atoms with Gasteiger partial charge in [0, 0.05) is 13.0 Å². The lowest BCUT2D eigenvalue weighted by Gasteiger charge is -2.30. The lowest BCUT2D eigenvalue weighted by atomic mass is 10.0. The quantitative estimate of drug-likeness (QED) is 0.646. The van der Waals surface area contributed by atoms with Crippen LogP contribution in [0.3, 0.4) is 0 Å². The molecule has 0 saturated carbocycles. The van der Waals surface area contributed by atoms with E-state index in [9.17, 15) is 13.2 Å². The highest BCUT2D eigenvalue weighted by molar-refractivity contribution is 4.81. The first kappa shape index (κ1) is 10.7. The highest BCUT2D eigenvalue weighted by atomic mass is 19.4. The van der Waals surface area contributed by atoms with E-state index in [1.54, 1.807) is 0 Å². The molecule has 0 spiro atoms. The second-order valence-electron chi connectivity index (χ2n) is 3.07. The van der Waals surface area contributed by atoms with Crippen LogP contribution in [0.25, 0.3) is 0 Å². The van der Waals surface area contributed by atoms with Gasteiger partial charge in [-0.15, -0.1) is 0 Å². The van der Waals surface area contributed by atoms with Crippen LogP contribution in [0, 0.1) is 0 Å². The monoisotopic (exact) mass is 200 g/mol. The fraction of sp³-hybridized carbons (Fsp3) is 1.00. The summed E-state index contributed by atoms with van der Waals surface area (Å²) in [6, 6.07) is 0. The molecule has 3 nitrogen and oxygen atoms in total. The SMILES string of the molecule is OC1CCOC(C(O)C(F)(F)F)C1. The summed E-state index contributed by atoms with van der Waals surface area (Å²) in [5.41, 5.74) is 0. The van der Waals surface area contributed by atoms with Gasteiger partial charge in [-0.1, -0.05) is 0 Å². The van der Waals surface area contributed by atoms with Crippen molar-refractivity contribution in [3.05, 3.63) is 0 Å². The molecule has 1 aliphatic rings. The van der Waals surface area contributed by atoms with E-state index in [1.165, 1.54) is 0 Å². The van der Waals surface area contributed by atoms with Gasteiger partial charge in [0.15, 0.2) is 6.10 Å². The smallest absolute Gasteiger partial charge is 0.393 e. The summed E-state index contributed by atoms with van der Waals surface area (Å²) in [6.45, 7) is 0.0545. The van der Waals surface area contributed by atoms with E-state index < -0.39 is 24.5 Å². The van der Waals surface area contributed by atoms with Crippen molar-refractivity contribution < 1.29 is 28.1 Å². The topological polar surface area (TPSA) is 49.7 Å². The van der Waals surface area contributed by atoms with Crippen LogP contribution < -0.4 is 0 Å². The average Bonchev–Trinajstić information content (AvgIpc) is 2.01. The summed E-state index contributed by atoms with van der Waals surface area (Å²) in [6.07, 6.45) is -9.16. The molecule has 3 atom stereocenters. The number of aliphatic hydroxyl groups is 2. The predicted octanol–water partition coefficient (Wildman–Crippen LogP) is 0.450. The number of ether oxygens (including phenoxy) is 1. The standard InChI is InChI=1S/C7H11F3O3/c8-7(9,10)6(12)5-3-4(11)1-2-13-5/h4-6,11-12H,1-3H2. The van der Waals surface area contributed by atoms with Gasteiger partial charge in [-0.3, -0.25) is 0 Å². The summed E-state index contributed by atoms with van der Waals surface area (Å²) in [7, 11) is 0. The lowest BCUT2D eigenvalue weighted by Crippen LogP contribution is -2.45. The molecule has 2 N–H and O–H groups in total. The van der Waals surface area contributed by atoms with Gasteiger partial charge in [-0.2, -0.15) is 13.2 Å². The van der Waals surface area contributed by atoms with Gasteiger partial charge in [0.2, 0.25) is 0 Å². The summed E-state index contributed by atoms with van der Waals surface area (Å²) in [4.78, 5) is 0. The van der Waals surface area contributed by atoms with Crippen molar-refractivity contribution in [3.8, 4) is 0 Å². The van der Waals surface area contributed by atoms with E-state index in [1.807, 2.05) is 0 Å². The summed E-state index contributed by atoms with van der Waals surface area (Å²) in [5, 5.41) is 17.8. The summed E-state index contributed by atoms with van der Waals surface area (Å²) >= 11 is 0. The van der Waals surface area contributed by atoms with E-state index >= 15 is 0 Å². The van der Waals surface area contributed by atoms with E-state index in [0.717, 1.165) is 0 Å². The van der Waals surface area contributed by atoms with Crippen LogP contribution in [-0.2, 0) is 4.74 Å². The van der Waals surface area contributed by atoms with Crippen LogP contribution in [0.4, 0.5) is 13.2 Å². The molecule has 3 unspecified atom stereocenters. The van der Waals surface area contributed by atoms with Crippen molar-refractivity contribution in [2.24, 2.45) is 0 Å². The van der Waals surface area contributed by atoms with Crippen LogP contribution in [-0.4, -0.2) is 41.3 Å². The Hall–Kier alpha value is -0.330. The van der Waals surface area contributed by atoms with E-state index in [0.29, 0.717) is 6.42 Å². The Balaban J connectivity index is 2.51. The highest BCUT2D eigenvalue weighted by Gasteiger charge is 2.45. The van der Waals surface area contributed by atoms with Gasteiger partial charge in [0.05, 0.1) is 12.2 Å². The van der Waals surface area contributed by atoms with Gasteiger partial charge >= 0.3 is 6.18 Å². The van der Waals surface area contributed by atoms with Gasteiger partial charge < -0.3 is 14.9 Å². The molecule has 1 rings (SSSR count). The van der Waals surface area contributed by atoms with E-state index in [-0.39, 0.29) is 13.0 Å². The molecule has 1 heterocycles. The molecule has 0 aromatic rings. The van der Waals surface area contributed by atoms with Crippen molar-refractivity contribution in [2.45, 2.75) is 37.3 Å². The second-order valence-corrected chi connectivity index (χ2v) is 3.07. The first-order chi connectivity index (χ1) is 5.91. The Morgan fingerprint density at radius 1 is 1.38 bits per heavy atom. The fourth-order valence-corrected chi connectivity index (χ4v) is 1.24. The van der Waals surface area contributed by atoms with Crippen LogP contribution in [0.2, 0.25) is 0 Å². The van der Waals surface area contributed by atoms with Gasteiger partial charge in [0.1, 0.15) is 0 Å². The third kappa shape index (κ3) is 2.82. The molecule has 0 radical (unpaired) electrons. The summed E-state index contributed by atoms with van der Waals surface area (Å²) in [5.74, 6) is 0. The fourth-order valence-electron chi connectivity index (χ4n) is 1.24. The second kappa shape index (κ2) is 3.81. The lowest BCUT2D eigenvalue weighted by molar-refractivity contribution is -0.246. The number of alkyl halides is 3. The third-order valence-corrected chi connectivity index (χ3v) is 1.97. The highest BCUT2D eigenvalue weighted by Crippen LogP contribution is 2.28. The maximum Gasteiger partial charge on any atom is 0.416 e. The Bertz CT molecular complexity index is 171. The van der Waals surface area contributed by atoms with Crippen LogP contribution in [0.15, 0.2) is 0 Å². The maximum absolute atomic E-state index is 11.9. The molecule has 0 aromatic carbocycles. The molecule has 1 aliphatic heterocycles. The molecule has 13 heavy (non-hydrogen) atoms. The Morgan fingerprint density at radius 2 is 2.00 bits per heavy atom. The molecule has 0 aromatic heterocycles. The van der Waals surface area contributed by atoms with Crippen molar-refractivity contribution >= 4 is 0 Å². The number of halogens is 3. The van der Waals surface area contributed by atoms with Crippen molar-refractivity contribution in [1.29, 1.82) is 0 Å². The zero-order valence-electron chi connectivity index (χ0n) is 6.79. The minimum atomic E-state index is -4.68. The molecular weight excluding hydrogens is 189 g/mol. The molecule has 0 aliphatic carbocycles. The van der Waals surface area contributed by atoms with Crippen LogP contribution in [0.5, 0.6) is 0 Å². The molecule has 0 bridgehead atoms. The molecule has 78 valence electrons. The Kier molecular flexibility index (Phi) is 3.15. The Morgan fingerprint density at radius 3 is 2.46 bits per heavy atom. The third-order valence-electron chi connectivity index (χ3n) is 1.97. The summed E-state index contributed by atoms with van der Waals surface area (Å²) < 4.78 is 40.6. The number of hydrogen-bond acceptors (Lipinski definition) is 3. The Labute approximate surface area is 73.1 Å². The first-order valence-corrected chi connectivity index (χ1v) is 3.95. The average molecular weight is 200 g/mol. The number of aliphatic hydroxyl groups excluding tert-OH is 2. The number of rotatable bonds is 1. The van der Waals surface area contributed by atoms with Crippen LogP contribution in [0.1, 0.15) is 12.8 Å². The zero-order valence-corrected chi connectivity index (χ0v) is 6.79. The predicted molar refractivity (Wildman–Crippen MR) is 37.0 cm³/mol. The van der Waals surface area contributed by atoms with Crippen LogP contribution >= 0.6 is 0 Å². The van der Waals surface area contributed by atoms with Crippen molar-refractivity contribution in [1.82, 2.24) is 0 Å². The van der Waals surface area contributed by atoms with Gasteiger partial charge in [-0.05, 0) is 6.42 Å². The molecule has 0 amide bonds. The maximum atomic E-state index is 11.9. The first-order valence-electron chi connectivity index (χ1n) is 3.95. The normalized spacial score (nSPS) is 33.0. The van der Waals surface area contributed by atoms with E-state index in [2.05, 4.69) is 0 Å². The zero-order chi connectivity index (χ0) is 10.1. The largest absolute Gasteiger partial charge is 0.416 e. The molecule has 1 saturated heterocycles. The van der Waals surface area contributed by atoms with Gasteiger partial charge in [-0.25, -0.2) is 0 Å². The molecular formula is C7H11F3O3. The van der Waals surface area contributed by atoms with E-state index in [4.69, 9.17) is 14.9 Å². The molecule has 6 heteroatoms. The molecule has 1 fully saturated rings. The van der Waals surface area contributed by atoms with Crippen molar-refractivity contribution in [3.63, 3.8) is 0 Å². The van der Waals surface area contributed by atoms with Crippen molar-refractivity contribution in [2.75, 3.05) is 6.61 Å². The number of hydrogen-bond donors (Lipinski definition) is 2. The minimum absolute atomic E-state index is 0.0545. The van der Waals surface area contributed by atoms with Gasteiger partial charge in [0.25, 0.3) is 0 Å². The minimum Gasteiger partial charge on any atom is -0.393 e.